The maximum absolute atomic E-state index is 13.3. The number of para-hydroxylation sites is 1. The highest BCUT2D eigenvalue weighted by molar-refractivity contribution is 6.04. The Labute approximate surface area is 175 Å². The maximum Gasteiger partial charge on any atom is 0.260 e. The molecule has 1 aliphatic rings. The summed E-state index contributed by atoms with van der Waals surface area (Å²) in [7, 11) is 1.62. The number of rotatable bonds is 6. The number of nitrogen functional groups attached to an aromatic ring is 1. The molecule has 6 heteroatoms. The van der Waals surface area contributed by atoms with Crippen LogP contribution in [0.1, 0.15) is 39.2 Å². The number of fused-ring (bicyclic) bond motifs is 1. The molecular formula is C24H27N3O3. The molecular weight excluding hydrogens is 378 g/mol. The summed E-state index contributed by atoms with van der Waals surface area (Å²) in [6.45, 7) is 3.99. The molecule has 0 bridgehead atoms. The van der Waals surface area contributed by atoms with E-state index >= 15 is 0 Å². The first-order valence-electron chi connectivity index (χ1n) is 10.3. The van der Waals surface area contributed by atoms with E-state index in [2.05, 4.69) is 5.32 Å². The Morgan fingerprint density at radius 3 is 2.60 bits per heavy atom. The Balaban J connectivity index is 1.93. The normalized spacial score (nSPS) is 13.6. The Kier molecular flexibility index (Phi) is 5.24. The second kappa shape index (κ2) is 7.86. The molecule has 1 aliphatic carbocycles. The molecule has 3 N–H and O–H groups in total. The Morgan fingerprint density at radius 1 is 1.20 bits per heavy atom. The number of pyridine rings is 1. The third-order valence-electron chi connectivity index (χ3n) is 5.42. The number of carbonyl (C=O) groups excluding carboxylic acids is 1. The van der Waals surface area contributed by atoms with E-state index in [4.69, 9.17) is 10.5 Å². The number of amides is 1. The van der Waals surface area contributed by atoms with E-state index in [1.165, 1.54) is 0 Å². The number of nitrogens with one attached hydrogen (secondary N) is 1. The average Bonchev–Trinajstić information content (AvgIpc) is 3.53. The van der Waals surface area contributed by atoms with Gasteiger partial charge in [-0.25, -0.2) is 0 Å². The van der Waals surface area contributed by atoms with Crippen LogP contribution in [0.25, 0.3) is 21.9 Å². The quantitative estimate of drug-likeness (QED) is 0.628. The SMILES string of the molecule is COc1ccccc1-c1c(N)n(C2CC2)c(=O)c2cc(NC(=O)CC(C)C)ccc12. The molecule has 1 amide bonds. The Bertz CT molecular complexity index is 1180. The topological polar surface area (TPSA) is 86.3 Å². The first-order valence-corrected chi connectivity index (χ1v) is 10.3. The van der Waals surface area contributed by atoms with E-state index in [0.29, 0.717) is 29.1 Å². The van der Waals surface area contributed by atoms with Crippen molar-refractivity contribution < 1.29 is 9.53 Å². The molecule has 3 aromatic rings. The van der Waals surface area contributed by atoms with Crippen LogP contribution in [0.2, 0.25) is 0 Å². The van der Waals surface area contributed by atoms with E-state index in [9.17, 15) is 9.59 Å². The van der Waals surface area contributed by atoms with Gasteiger partial charge >= 0.3 is 0 Å². The predicted octanol–water partition coefficient (Wildman–Crippen LogP) is 4.58. The summed E-state index contributed by atoms with van der Waals surface area (Å²) in [6.07, 6.45) is 2.30. The van der Waals surface area contributed by atoms with Gasteiger partial charge in [0.25, 0.3) is 5.56 Å². The zero-order valence-electron chi connectivity index (χ0n) is 17.6. The standard InChI is InChI=1S/C24H27N3O3/c1-14(2)12-21(28)26-15-8-11-17-19(13-15)24(29)27(16-9-10-16)23(25)22(17)18-6-4-5-7-20(18)30-3/h4-8,11,13-14,16H,9-10,12,25H2,1-3H3,(H,26,28). The lowest BCUT2D eigenvalue weighted by molar-refractivity contribution is -0.116. The molecule has 0 radical (unpaired) electrons. The van der Waals surface area contributed by atoms with Gasteiger partial charge in [-0.05, 0) is 42.3 Å². The zero-order chi connectivity index (χ0) is 21.4. The van der Waals surface area contributed by atoms with E-state index in [1.807, 2.05) is 50.2 Å². The van der Waals surface area contributed by atoms with Crippen molar-refractivity contribution in [2.45, 2.75) is 39.2 Å². The summed E-state index contributed by atoms with van der Waals surface area (Å²) < 4.78 is 7.26. The molecule has 2 aromatic carbocycles. The van der Waals surface area contributed by atoms with Crippen LogP contribution < -0.4 is 21.3 Å². The van der Waals surface area contributed by atoms with Crippen LogP contribution in [-0.2, 0) is 4.79 Å². The second-order valence-electron chi connectivity index (χ2n) is 8.27. The van der Waals surface area contributed by atoms with Gasteiger partial charge in [0.05, 0.1) is 12.5 Å². The molecule has 0 atom stereocenters. The molecule has 1 saturated carbocycles. The Morgan fingerprint density at radius 2 is 1.93 bits per heavy atom. The van der Waals surface area contributed by atoms with Gasteiger partial charge in [0.1, 0.15) is 11.6 Å². The van der Waals surface area contributed by atoms with Gasteiger partial charge in [0, 0.05) is 29.3 Å². The Hall–Kier alpha value is -3.28. The number of nitrogens with two attached hydrogens (primary N) is 1. The van der Waals surface area contributed by atoms with E-state index in [1.54, 1.807) is 17.7 Å². The molecule has 30 heavy (non-hydrogen) atoms. The molecule has 0 spiro atoms. The molecule has 156 valence electrons. The van der Waals surface area contributed by atoms with Crippen molar-refractivity contribution in [2.24, 2.45) is 5.92 Å². The summed E-state index contributed by atoms with van der Waals surface area (Å²) in [5, 5.41) is 4.20. The number of methoxy groups -OCH3 is 1. The van der Waals surface area contributed by atoms with Crippen LogP contribution in [-0.4, -0.2) is 17.6 Å². The first kappa shape index (κ1) is 20.0. The molecule has 0 aliphatic heterocycles. The number of nitrogens with zero attached hydrogens (tertiary/aromatic N) is 1. The van der Waals surface area contributed by atoms with Crippen LogP contribution in [0.5, 0.6) is 5.75 Å². The molecule has 0 unspecified atom stereocenters. The minimum Gasteiger partial charge on any atom is -0.496 e. The zero-order valence-corrected chi connectivity index (χ0v) is 17.6. The van der Waals surface area contributed by atoms with Gasteiger partial charge in [-0.2, -0.15) is 0 Å². The first-order chi connectivity index (χ1) is 14.4. The molecule has 0 saturated heterocycles. The van der Waals surface area contributed by atoms with Crippen LogP contribution in [0.4, 0.5) is 11.5 Å². The smallest absolute Gasteiger partial charge is 0.260 e. The molecule has 6 nitrogen and oxygen atoms in total. The average molecular weight is 405 g/mol. The fourth-order valence-corrected chi connectivity index (χ4v) is 3.93. The number of aromatic nitrogens is 1. The fraction of sp³-hybridized carbons (Fsp3) is 0.333. The minimum absolute atomic E-state index is 0.0627. The predicted molar refractivity (Wildman–Crippen MR) is 121 cm³/mol. The summed E-state index contributed by atoms with van der Waals surface area (Å²) >= 11 is 0. The van der Waals surface area contributed by atoms with Crippen molar-refractivity contribution in [3.63, 3.8) is 0 Å². The van der Waals surface area contributed by atoms with E-state index in [0.717, 1.165) is 29.4 Å². The third-order valence-corrected chi connectivity index (χ3v) is 5.42. The second-order valence-corrected chi connectivity index (χ2v) is 8.27. The van der Waals surface area contributed by atoms with Gasteiger partial charge in [0.15, 0.2) is 0 Å². The van der Waals surface area contributed by atoms with Crippen molar-refractivity contribution in [3.8, 4) is 16.9 Å². The number of hydrogen-bond donors (Lipinski definition) is 2. The largest absolute Gasteiger partial charge is 0.496 e. The molecule has 1 aromatic heterocycles. The van der Waals surface area contributed by atoms with Crippen LogP contribution in [0.15, 0.2) is 47.3 Å². The number of benzene rings is 2. The highest BCUT2D eigenvalue weighted by atomic mass is 16.5. The van der Waals surface area contributed by atoms with Gasteiger partial charge in [0.2, 0.25) is 5.91 Å². The fourth-order valence-electron chi connectivity index (χ4n) is 3.93. The lowest BCUT2D eigenvalue weighted by atomic mass is 9.97. The minimum atomic E-state index is -0.122. The molecule has 1 heterocycles. The summed E-state index contributed by atoms with van der Waals surface area (Å²) in [5.41, 5.74) is 8.68. The number of anilines is 2. The number of hydrogen-bond acceptors (Lipinski definition) is 4. The molecule has 1 fully saturated rings. The lowest BCUT2D eigenvalue weighted by Gasteiger charge is -2.19. The summed E-state index contributed by atoms with van der Waals surface area (Å²) in [6, 6.07) is 13.2. The van der Waals surface area contributed by atoms with Gasteiger partial charge in [-0.3, -0.25) is 14.2 Å². The van der Waals surface area contributed by atoms with Crippen LogP contribution >= 0.6 is 0 Å². The van der Waals surface area contributed by atoms with Gasteiger partial charge in [-0.15, -0.1) is 0 Å². The van der Waals surface area contributed by atoms with Crippen molar-refractivity contribution >= 4 is 28.2 Å². The summed E-state index contributed by atoms with van der Waals surface area (Å²) in [4.78, 5) is 25.5. The monoisotopic (exact) mass is 405 g/mol. The van der Waals surface area contributed by atoms with Crippen molar-refractivity contribution in [2.75, 3.05) is 18.2 Å². The van der Waals surface area contributed by atoms with Crippen molar-refractivity contribution in [3.05, 3.63) is 52.8 Å². The highest BCUT2D eigenvalue weighted by Gasteiger charge is 2.29. The van der Waals surface area contributed by atoms with Gasteiger partial charge in [-0.1, -0.05) is 38.1 Å². The number of ether oxygens (including phenoxy) is 1. The molecule has 4 rings (SSSR count). The number of carbonyl (C=O) groups is 1. The van der Waals surface area contributed by atoms with Crippen molar-refractivity contribution in [1.82, 2.24) is 4.57 Å². The van der Waals surface area contributed by atoms with E-state index < -0.39 is 0 Å². The van der Waals surface area contributed by atoms with Gasteiger partial charge < -0.3 is 15.8 Å². The highest BCUT2D eigenvalue weighted by Crippen LogP contribution is 2.43. The lowest BCUT2D eigenvalue weighted by Crippen LogP contribution is -2.23. The van der Waals surface area contributed by atoms with E-state index in [-0.39, 0.29) is 23.4 Å². The van der Waals surface area contributed by atoms with Crippen LogP contribution in [0.3, 0.4) is 0 Å². The van der Waals surface area contributed by atoms with Crippen molar-refractivity contribution in [1.29, 1.82) is 0 Å². The summed E-state index contributed by atoms with van der Waals surface area (Å²) in [5.74, 6) is 1.35. The van der Waals surface area contributed by atoms with Crippen LogP contribution in [0, 0.1) is 5.92 Å². The third kappa shape index (κ3) is 3.65. The maximum atomic E-state index is 13.3.